The van der Waals surface area contributed by atoms with E-state index >= 15 is 0 Å². The maximum absolute atomic E-state index is 12.7. The molecule has 6 nitrogen and oxygen atoms in total. The van der Waals surface area contributed by atoms with Crippen LogP contribution in [0.15, 0.2) is 0 Å². The van der Waals surface area contributed by atoms with E-state index in [1.165, 1.54) is 154 Å². The zero-order valence-electron chi connectivity index (χ0n) is 37.6. The van der Waals surface area contributed by atoms with Gasteiger partial charge in [-0.05, 0) is 31.1 Å². The summed E-state index contributed by atoms with van der Waals surface area (Å²) in [5.74, 6) is 0.788. The van der Waals surface area contributed by atoms with E-state index in [9.17, 15) is 14.4 Å². The lowest BCUT2D eigenvalue weighted by molar-refractivity contribution is -0.167. The first-order valence-corrected chi connectivity index (χ1v) is 24.2. The summed E-state index contributed by atoms with van der Waals surface area (Å²) < 4.78 is 16.7. The van der Waals surface area contributed by atoms with Gasteiger partial charge in [0.15, 0.2) is 6.10 Å². The fourth-order valence-corrected chi connectivity index (χ4v) is 7.28. The van der Waals surface area contributed by atoms with Gasteiger partial charge < -0.3 is 14.2 Å². The Morgan fingerprint density at radius 1 is 0.345 bits per heavy atom. The average Bonchev–Trinajstić information content (AvgIpc) is 3.15. The van der Waals surface area contributed by atoms with Crippen molar-refractivity contribution in [3.63, 3.8) is 0 Å². The van der Waals surface area contributed by atoms with Gasteiger partial charge in [-0.3, -0.25) is 14.4 Å². The molecular weight excluding hydrogens is 685 g/mol. The van der Waals surface area contributed by atoms with E-state index in [-0.39, 0.29) is 31.1 Å². The van der Waals surface area contributed by atoms with Crippen LogP contribution in [0, 0.1) is 11.8 Å². The fraction of sp³-hybridized carbons (Fsp3) is 0.939. The summed E-state index contributed by atoms with van der Waals surface area (Å²) in [6.45, 7) is 11.3. The third-order valence-corrected chi connectivity index (χ3v) is 11.0. The quantitative estimate of drug-likeness (QED) is 0.0348. The van der Waals surface area contributed by atoms with Gasteiger partial charge in [-0.2, -0.15) is 0 Å². The zero-order chi connectivity index (χ0) is 40.5. The van der Waals surface area contributed by atoms with Crippen LogP contribution in [0.4, 0.5) is 0 Å². The maximum Gasteiger partial charge on any atom is 0.306 e. The van der Waals surface area contributed by atoms with E-state index in [1.54, 1.807) is 0 Å². The Kier molecular flexibility index (Phi) is 40.8. The molecule has 0 saturated carbocycles. The summed E-state index contributed by atoms with van der Waals surface area (Å²) in [7, 11) is 0. The topological polar surface area (TPSA) is 78.9 Å². The summed E-state index contributed by atoms with van der Waals surface area (Å²) in [5.41, 5.74) is 0. The molecule has 0 aromatic rings. The Morgan fingerprint density at radius 3 is 0.891 bits per heavy atom. The smallest absolute Gasteiger partial charge is 0.306 e. The van der Waals surface area contributed by atoms with Gasteiger partial charge in [0, 0.05) is 19.3 Å². The minimum atomic E-state index is -0.760. The molecule has 0 fully saturated rings. The van der Waals surface area contributed by atoms with E-state index in [1.807, 2.05) is 0 Å². The van der Waals surface area contributed by atoms with Gasteiger partial charge in [-0.1, -0.05) is 227 Å². The van der Waals surface area contributed by atoms with Gasteiger partial charge >= 0.3 is 17.9 Å². The zero-order valence-corrected chi connectivity index (χ0v) is 37.6. The molecule has 326 valence electrons. The molecule has 0 N–H and O–H groups in total. The number of hydrogen-bond acceptors (Lipinski definition) is 6. The fourth-order valence-electron chi connectivity index (χ4n) is 7.28. The van der Waals surface area contributed by atoms with Gasteiger partial charge in [0.05, 0.1) is 0 Å². The molecule has 0 aliphatic heterocycles. The van der Waals surface area contributed by atoms with Crippen LogP contribution in [-0.4, -0.2) is 37.2 Å². The normalized spacial score (nSPS) is 12.1. The first kappa shape index (κ1) is 53.4. The summed E-state index contributed by atoms with van der Waals surface area (Å²) in [4.78, 5) is 37.8. The van der Waals surface area contributed by atoms with Crippen LogP contribution >= 0.6 is 0 Å². The molecular formula is C49H94O6. The van der Waals surface area contributed by atoms with Crippen molar-refractivity contribution in [2.45, 2.75) is 272 Å². The van der Waals surface area contributed by atoms with E-state index in [2.05, 4.69) is 34.6 Å². The number of ether oxygens (including phenoxy) is 3. The molecule has 0 radical (unpaired) electrons. The van der Waals surface area contributed by atoms with Crippen molar-refractivity contribution in [2.75, 3.05) is 13.2 Å². The lowest BCUT2D eigenvalue weighted by atomic mass is 10.0. The number of hydrogen-bond donors (Lipinski definition) is 0. The van der Waals surface area contributed by atoms with Gasteiger partial charge in [0.2, 0.25) is 0 Å². The summed E-state index contributed by atoms with van der Waals surface area (Å²) >= 11 is 0. The standard InChI is InChI=1S/C49H94O6/c1-6-7-8-9-10-11-19-26-31-36-41-49(52)55-46(43-54-48(51)40-35-30-25-21-16-18-23-28-33-38-45(4)5)42-53-47(50)39-34-29-24-20-15-13-12-14-17-22-27-32-37-44(2)3/h44-46H,6-43H2,1-5H3/t46-/m1/s1. The summed E-state index contributed by atoms with van der Waals surface area (Å²) in [5, 5.41) is 0. The third-order valence-electron chi connectivity index (χ3n) is 11.0. The largest absolute Gasteiger partial charge is 0.462 e. The first-order valence-electron chi connectivity index (χ1n) is 24.2. The molecule has 0 amide bonds. The average molecular weight is 779 g/mol. The molecule has 0 rings (SSSR count). The highest BCUT2D eigenvalue weighted by molar-refractivity contribution is 5.71. The Hall–Kier alpha value is -1.59. The molecule has 0 saturated heterocycles. The molecule has 0 aliphatic carbocycles. The second-order valence-electron chi connectivity index (χ2n) is 17.7. The van der Waals surface area contributed by atoms with Crippen molar-refractivity contribution in [1.82, 2.24) is 0 Å². The van der Waals surface area contributed by atoms with Crippen LogP contribution in [0.3, 0.4) is 0 Å². The Balaban J connectivity index is 4.29. The minimum Gasteiger partial charge on any atom is -0.462 e. The monoisotopic (exact) mass is 779 g/mol. The molecule has 0 spiro atoms. The van der Waals surface area contributed by atoms with Crippen molar-refractivity contribution in [1.29, 1.82) is 0 Å². The van der Waals surface area contributed by atoms with Crippen molar-refractivity contribution >= 4 is 17.9 Å². The highest BCUT2D eigenvalue weighted by Gasteiger charge is 2.19. The van der Waals surface area contributed by atoms with E-state index in [0.29, 0.717) is 19.3 Å². The van der Waals surface area contributed by atoms with Gasteiger partial charge in [-0.25, -0.2) is 0 Å². The van der Waals surface area contributed by atoms with E-state index < -0.39 is 6.10 Å². The lowest BCUT2D eigenvalue weighted by Gasteiger charge is -2.18. The SMILES string of the molecule is CCCCCCCCCCCCC(=O)O[C@H](COC(=O)CCCCCCCCCCCCCCC(C)C)COC(=O)CCCCCCCCCCCC(C)C. The van der Waals surface area contributed by atoms with Gasteiger partial charge in [-0.15, -0.1) is 0 Å². The Bertz CT molecular complexity index is 839. The summed E-state index contributed by atoms with van der Waals surface area (Å²) in [6, 6.07) is 0. The number of unbranched alkanes of at least 4 members (excludes halogenated alkanes) is 28. The first-order chi connectivity index (χ1) is 26.7. The molecule has 55 heavy (non-hydrogen) atoms. The Morgan fingerprint density at radius 2 is 0.600 bits per heavy atom. The molecule has 0 aromatic carbocycles. The maximum atomic E-state index is 12.7. The highest BCUT2D eigenvalue weighted by atomic mass is 16.6. The van der Waals surface area contributed by atoms with Crippen LogP contribution in [0.25, 0.3) is 0 Å². The van der Waals surface area contributed by atoms with Crippen LogP contribution in [0.1, 0.15) is 266 Å². The van der Waals surface area contributed by atoms with E-state index in [0.717, 1.165) is 69.6 Å². The van der Waals surface area contributed by atoms with Crippen molar-refractivity contribution in [2.24, 2.45) is 11.8 Å². The van der Waals surface area contributed by atoms with Crippen molar-refractivity contribution < 1.29 is 28.6 Å². The number of carbonyl (C=O) groups excluding carboxylic acids is 3. The van der Waals surface area contributed by atoms with Gasteiger partial charge in [0.25, 0.3) is 0 Å². The molecule has 0 bridgehead atoms. The lowest BCUT2D eigenvalue weighted by Crippen LogP contribution is -2.30. The Labute approximate surface area is 342 Å². The van der Waals surface area contributed by atoms with E-state index in [4.69, 9.17) is 14.2 Å². The van der Waals surface area contributed by atoms with Crippen molar-refractivity contribution in [3.8, 4) is 0 Å². The molecule has 0 unspecified atom stereocenters. The van der Waals surface area contributed by atoms with Crippen molar-refractivity contribution in [3.05, 3.63) is 0 Å². The number of carbonyl (C=O) groups is 3. The molecule has 0 aliphatic rings. The second kappa shape index (κ2) is 42.0. The van der Waals surface area contributed by atoms with Crippen LogP contribution < -0.4 is 0 Å². The molecule has 6 heteroatoms. The van der Waals surface area contributed by atoms with Crippen LogP contribution in [0.2, 0.25) is 0 Å². The van der Waals surface area contributed by atoms with Crippen LogP contribution in [0.5, 0.6) is 0 Å². The summed E-state index contributed by atoms with van der Waals surface area (Å²) in [6.07, 6.45) is 40.9. The highest BCUT2D eigenvalue weighted by Crippen LogP contribution is 2.17. The predicted octanol–water partition coefficient (Wildman–Crippen LogP) is 15.4. The minimum absolute atomic E-state index is 0.0644. The molecule has 1 atom stereocenters. The second-order valence-corrected chi connectivity index (χ2v) is 17.7. The predicted molar refractivity (Wildman–Crippen MR) is 233 cm³/mol. The molecule has 0 heterocycles. The number of rotatable bonds is 43. The van der Waals surface area contributed by atoms with Crippen LogP contribution in [-0.2, 0) is 28.6 Å². The molecule has 0 aromatic heterocycles. The third kappa shape index (κ3) is 43.4. The number of esters is 3. The van der Waals surface area contributed by atoms with Gasteiger partial charge in [0.1, 0.15) is 13.2 Å².